The van der Waals surface area contributed by atoms with Crippen LogP contribution in [0, 0.1) is 10.1 Å². The van der Waals surface area contributed by atoms with E-state index < -0.39 is 10.8 Å². The normalized spacial score (nSPS) is 10.8. The Bertz CT molecular complexity index is 1190. The molecule has 4 aromatic rings. The Kier molecular flexibility index (Phi) is 4.96. The highest BCUT2D eigenvalue weighted by molar-refractivity contribution is 7.22. The molecule has 0 aliphatic carbocycles. The molecule has 0 bridgehead atoms. The van der Waals surface area contributed by atoms with Crippen LogP contribution in [-0.2, 0) is 6.54 Å². The molecule has 2 aromatic carbocycles. The van der Waals surface area contributed by atoms with Crippen molar-refractivity contribution in [1.29, 1.82) is 0 Å². The maximum absolute atomic E-state index is 13.2. The number of fused-ring (bicyclic) bond motifs is 1. The molecule has 8 nitrogen and oxygen atoms in total. The van der Waals surface area contributed by atoms with Gasteiger partial charge in [-0.3, -0.25) is 19.8 Å². The molecule has 146 valence electrons. The number of ether oxygens (including phenoxy) is 1. The van der Waals surface area contributed by atoms with Crippen molar-refractivity contribution in [1.82, 2.24) is 4.98 Å². The van der Waals surface area contributed by atoms with E-state index in [1.54, 1.807) is 31.4 Å². The minimum absolute atomic E-state index is 0.144. The van der Waals surface area contributed by atoms with E-state index in [4.69, 9.17) is 9.15 Å². The van der Waals surface area contributed by atoms with Crippen molar-refractivity contribution in [3.05, 3.63) is 82.3 Å². The van der Waals surface area contributed by atoms with Crippen LogP contribution in [0.4, 0.5) is 10.8 Å². The Labute approximate surface area is 169 Å². The first-order chi connectivity index (χ1) is 14.0. The summed E-state index contributed by atoms with van der Waals surface area (Å²) < 4.78 is 11.5. The van der Waals surface area contributed by atoms with E-state index >= 15 is 0 Å². The number of thiazole rings is 1. The van der Waals surface area contributed by atoms with E-state index in [0.717, 1.165) is 10.2 Å². The Hall–Kier alpha value is -3.72. The molecule has 0 saturated carbocycles. The van der Waals surface area contributed by atoms with E-state index in [-0.39, 0.29) is 17.8 Å². The summed E-state index contributed by atoms with van der Waals surface area (Å²) in [5.74, 6) is 0.854. The average molecular weight is 409 g/mol. The maximum Gasteiger partial charge on any atom is 0.270 e. The number of nitro groups is 1. The van der Waals surface area contributed by atoms with Gasteiger partial charge in [0.1, 0.15) is 11.5 Å². The molecule has 0 aliphatic rings. The molecule has 0 saturated heterocycles. The second-order valence-electron chi connectivity index (χ2n) is 6.11. The number of nitrogens with zero attached hydrogens (tertiary/aromatic N) is 3. The van der Waals surface area contributed by atoms with Crippen LogP contribution in [0.3, 0.4) is 0 Å². The smallest absolute Gasteiger partial charge is 0.270 e. The number of carbonyl (C=O) groups excluding carboxylic acids is 1. The summed E-state index contributed by atoms with van der Waals surface area (Å²) in [6, 6.07) is 14.6. The third-order valence-corrected chi connectivity index (χ3v) is 5.30. The zero-order chi connectivity index (χ0) is 20.4. The summed E-state index contributed by atoms with van der Waals surface area (Å²) in [5, 5.41) is 11.6. The number of anilines is 1. The van der Waals surface area contributed by atoms with Gasteiger partial charge in [0, 0.05) is 17.7 Å². The standard InChI is InChI=1S/C20H15N3O5S/c1-27-15-7-8-17-18(11-15)29-20(21-17)22(12-16-6-3-9-28-16)19(24)13-4-2-5-14(10-13)23(25)26/h2-11H,12H2,1H3. The average Bonchev–Trinajstić information content (AvgIpc) is 3.40. The number of rotatable bonds is 6. The fourth-order valence-corrected chi connectivity index (χ4v) is 3.82. The van der Waals surface area contributed by atoms with E-state index in [9.17, 15) is 14.9 Å². The van der Waals surface area contributed by atoms with Crippen molar-refractivity contribution in [2.24, 2.45) is 0 Å². The third-order valence-electron chi connectivity index (χ3n) is 4.26. The van der Waals surface area contributed by atoms with Crippen LogP contribution in [0.5, 0.6) is 5.75 Å². The van der Waals surface area contributed by atoms with Crippen LogP contribution >= 0.6 is 11.3 Å². The van der Waals surface area contributed by atoms with Gasteiger partial charge in [-0.1, -0.05) is 17.4 Å². The van der Waals surface area contributed by atoms with E-state index in [2.05, 4.69) is 4.98 Å². The molecule has 4 rings (SSSR count). The summed E-state index contributed by atoms with van der Waals surface area (Å²) in [5.41, 5.74) is 0.771. The van der Waals surface area contributed by atoms with Gasteiger partial charge in [0.25, 0.3) is 11.6 Å². The number of nitro benzene ring substituents is 1. The number of carbonyl (C=O) groups is 1. The van der Waals surface area contributed by atoms with E-state index in [0.29, 0.717) is 16.6 Å². The molecule has 0 radical (unpaired) electrons. The van der Waals surface area contributed by atoms with Crippen molar-refractivity contribution in [3.8, 4) is 5.75 Å². The lowest BCUT2D eigenvalue weighted by molar-refractivity contribution is -0.384. The molecule has 1 amide bonds. The van der Waals surface area contributed by atoms with Gasteiger partial charge in [-0.2, -0.15) is 0 Å². The van der Waals surface area contributed by atoms with Crippen LogP contribution in [0.15, 0.2) is 65.3 Å². The zero-order valence-corrected chi connectivity index (χ0v) is 16.1. The van der Waals surface area contributed by atoms with Crippen molar-refractivity contribution in [3.63, 3.8) is 0 Å². The van der Waals surface area contributed by atoms with Crippen LogP contribution in [-0.4, -0.2) is 22.9 Å². The molecular weight excluding hydrogens is 394 g/mol. The maximum atomic E-state index is 13.2. The summed E-state index contributed by atoms with van der Waals surface area (Å²) in [6.07, 6.45) is 1.52. The fraction of sp³-hybridized carbons (Fsp3) is 0.100. The molecule has 0 unspecified atom stereocenters. The number of hydrogen-bond donors (Lipinski definition) is 0. The highest BCUT2D eigenvalue weighted by Crippen LogP contribution is 2.33. The second kappa shape index (κ2) is 7.72. The SMILES string of the molecule is COc1ccc2nc(N(Cc3ccco3)C(=O)c3cccc([N+](=O)[O-])c3)sc2c1. The van der Waals surface area contributed by atoms with Gasteiger partial charge in [0.05, 0.1) is 35.1 Å². The topological polar surface area (TPSA) is 98.7 Å². The Balaban J connectivity index is 1.76. The van der Waals surface area contributed by atoms with Gasteiger partial charge in [-0.05, 0) is 36.4 Å². The largest absolute Gasteiger partial charge is 0.497 e. The fourth-order valence-electron chi connectivity index (χ4n) is 2.83. The quantitative estimate of drug-likeness (QED) is 0.339. The third kappa shape index (κ3) is 3.81. The first-order valence-corrected chi connectivity index (χ1v) is 9.40. The van der Waals surface area contributed by atoms with Gasteiger partial charge in [0.15, 0.2) is 5.13 Å². The van der Waals surface area contributed by atoms with Crippen molar-refractivity contribution >= 4 is 38.3 Å². The molecule has 2 heterocycles. The number of methoxy groups -OCH3 is 1. The predicted octanol–water partition coefficient (Wildman–Crippen LogP) is 4.65. The summed E-state index contributed by atoms with van der Waals surface area (Å²) >= 11 is 1.33. The van der Waals surface area contributed by atoms with Crippen molar-refractivity contribution in [2.45, 2.75) is 6.54 Å². The van der Waals surface area contributed by atoms with Crippen LogP contribution in [0.1, 0.15) is 16.1 Å². The molecular formula is C20H15N3O5S. The highest BCUT2D eigenvalue weighted by atomic mass is 32.1. The number of furan rings is 1. The van der Waals surface area contributed by atoms with Gasteiger partial charge in [-0.25, -0.2) is 4.98 Å². The monoisotopic (exact) mass is 409 g/mol. The van der Waals surface area contributed by atoms with Gasteiger partial charge in [-0.15, -0.1) is 0 Å². The van der Waals surface area contributed by atoms with E-state index in [1.165, 1.54) is 40.7 Å². The second-order valence-corrected chi connectivity index (χ2v) is 7.12. The molecule has 0 N–H and O–H groups in total. The summed E-state index contributed by atoms with van der Waals surface area (Å²) in [4.78, 5) is 29.8. The number of hydrogen-bond acceptors (Lipinski definition) is 7. The lowest BCUT2D eigenvalue weighted by Gasteiger charge is -2.18. The molecule has 2 aromatic heterocycles. The van der Waals surface area contributed by atoms with Gasteiger partial charge in [0.2, 0.25) is 0 Å². The number of non-ortho nitro benzene ring substituents is 1. The highest BCUT2D eigenvalue weighted by Gasteiger charge is 2.24. The molecule has 0 fully saturated rings. The number of benzene rings is 2. The lowest BCUT2D eigenvalue weighted by Crippen LogP contribution is -2.30. The summed E-state index contributed by atoms with van der Waals surface area (Å²) in [6.45, 7) is 0.144. The van der Waals surface area contributed by atoms with Gasteiger partial charge < -0.3 is 9.15 Å². The minimum atomic E-state index is -0.530. The Morgan fingerprint density at radius 3 is 2.83 bits per heavy atom. The first kappa shape index (κ1) is 18.6. The molecule has 0 atom stereocenters. The molecule has 0 spiro atoms. The van der Waals surface area contributed by atoms with Crippen LogP contribution < -0.4 is 9.64 Å². The molecule has 9 heteroatoms. The minimum Gasteiger partial charge on any atom is -0.497 e. The zero-order valence-electron chi connectivity index (χ0n) is 15.3. The van der Waals surface area contributed by atoms with Crippen LogP contribution in [0.2, 0.25) is 0 Å². The molecule has 29 heavy (non-hydrogen) atoms. The van der Waals surface area contributed by atoms with Crippen LogP contribution in [0.25, 0.3) is 10.2 Å². The first-order valence-electron chi connectivity index (χ1n) is 8.58. The van der Waals surface area contributed by atoms with Crippen molar-refractivity contribution in [2.75, 3.05) is 12.0 Å². The van der Waals surface area contributed by atoms with Gasteiger partial charge >= 0.3 is 0 Å². The predicted molar refractivity (Wildman–Crippen MR) is 108 cm³/mol. The number of amides is 1. The summed E-state index contributed by atoms with van der Waals surface area (Å²) in [7, 11) is 1.58. The Morgan fingerprint density at radius 2 is 2.10 bits per heavy atom. The lowest BCUT2D eigenvalue weighted by atomic mass is 10.2. The Morgan fingerprint density at radius 1 is 1.24 bits per heavy atom. The van der Waals surface area contributed by atoms with Crippen molar-refractivity contribution < 1.29 is 18.9 Å². The van der Waals surface area contributed by atoms with E-state index in [1.807, 2.05) is 12.1 Å². The number of aromatic nitrogens is 1. The molecule has 0 aliphatic heterocycles.